The maximum Gasteiger partial charge on any atom is 0.255 e. The van der Waals surface area contributed by atoms with E-state index in [9.17, 15) is 4.79 Å². The summed E-state index contributed by atoms with van der Waals surface area (Å²) < 4.78 is 1.74. The molecule has 0 spiro atoms. The van der Waals surface area contributed by atoms with E-state index in [1.165, 1.54) is 0 Å². The molecule has 0 aliphatic carbocycles. The number of likely N-dealkylation sites (tertiary alicyclic amines) is 1. The predicted molar refractivity (Wildman–Crippen MR) is 79.2 cm³/mol. The Balaban J connectivity index is 1.54. The summed E-state index contributed by atoms with van der Waals surface area (Å²) in [5.74, 6) is 0.219. The highest BCUT2D eigenvalue weighted by Gasteiger charge is 2.35. The average Bonchev–Trinajstić information content (AvgIpc) is 2.84. The Labute approximate surface area is 126 Å². The molecule has 1 saturated heterocycles. The third-order valence-electron chi connectivity index (χ3n) is 3.95. The minimum Gasteiger partial charge on any atom is -0.337 e. The zero-order valence-electron chi connectivity index (χ0n) is 12.0. The number of amides is 1. The summed E-state index contributed by atoms with van der Waals surface area (Å²) in [6, 6.07) is 3.55. The van der Waals surface area contributed by atoms with Crippen LogP contribution in [0, 0.1) is 0 Å². The third-order valence-corrected chi connectivity index (χ3v) is 3.95. The molecule has 1 aliphatic rings. The number of fused-ring (bicyclic) bond motifs is 1. The molecule has 110 valence electrons. The first kappa shape index (κ1) is 12.9. The number of nitrogens with zero attached hydrogens (tertiary/aromatic N) is 6. The fourth-order valence-electron chi connectivity index (χ4n) is 2.77. The van der Waals surface area contributed by atoms with Gasteiger partial charge in [-0.25, -0.2) is 14.6 Å². The van der Waals surface area contributed by atoms with Gasteiger partial charge in [0.1, 0.15) is 5.52 Å². The first-order chi connectivity index (χ1) is 10.7. The van der Waals surface area contributed by atoms with Crippen LogP contribution in [0.1, 0.15) is 22.0 Å². The summed E-state index contributed by atoms with van der Waals surface area (Å²) in [4.78, 5) is 26.8. The quantitative estimate of drug-likeness (QED) is 0.704. The molecule has 1 fully saturated rings. The highest BCUT2D eigenvalue weighted by atomic mass is 16.2. The number of rotatable bonds is 2. The van der Waals surface area contributed by atoms with E-state index in [1.54, 1.807) is 46.5 Å². The Hall–Kier alpha value is -2.83. The molecule has 0 radical (unpaired) electrons. The van der Waals surface area contributed by atoms with E-state index in [2.05, 4.69) is 20.1 Å². The first-order valence-electron chi connectivity index (χ1n) is 7.07. The van der Waals surface area contributed by atoms with Crippen LogP contribution in [0.15, 0.2) is 36.9 Å². The Morgan fingerprint density at radius 2 is 2.05 bits per heavy atom. The first-order valence-corrected chi connectivity index (χ1v) is 7.07. The van der Waals surface area contributed by atoms with Crippen LogP contribution < -0.4 is 0 Å². The lowest BCUT2D eigenvalue weighted by Gasteiger charge is -2.38. The van der Waals surface area contributed by atoms with Crippen molar-refractivity contribution in [1.29, 1.82) is 0 Å². The summed E-state index contributed by atoms with van der Waals surface area (Å²) in [6.45, 7) is 1.30. The van der Waals surface area contributed by atoms with Crippen molar-refractivity contribution in [2.45, 2.75) is 5.92 Å². The summed E-state index contributed by atoms with van der Waals surface area (Å²) in [5, 5.41) is 4.52. The topological polar surface area (TPSA) is 76.8 Å². The van der Waals surface area contributed by atoms with Crippen molar-refractivity contribution in [2.75, 3.05) is 13.1 Å². The van der Waals surface area contributed by atoms with E-state index in [-0.39, 0.29) is 11.8 Å². The largest absolute Gasteiger partial charge is 0.337 e. The van der Waals surface area contributed by atoms with E-state index in [0.717, 1.165) is 16.9 Å². The van der Waals surface area contributed by atoms with E-state index < -0.39 is 0 Å². The second-order valence-corrected chi connectivity index (χ2v) is 5.39. The number of hydrogen-bond acceptors (Lipinski definition) is 5. The number of pyridine rings is 1. The number of carbonyl (C=O) groups excluding carboxylic acids is 1. The number of aromatic nitrogens is 5. The molecule has 3 aromatic rings. The van der Waals surface area contributed by atoms with Crippen LogP contribution >= 0.6 is 0 Å². The summed E-state index contributed by atoms with van der Waals surface area (Å²) >= 11 is 0. The van der Waals surface area contributed by atoms with Gasteiger partial charge in [-0.3, -0.25) is 9.78 Å². The minimum atomic E-state index is 0.00988. The van der Waals surface area contributed by atoms with Crippen molar-refractivity contribution in [3.63, 3.8) is 0 Å². The molecule has 0 saturated carbocycles. The second kappa shape index (κ2) is 4.87. The van der Waals surface area contributed by atoms with E-state index in [1.807, 2.05) is 7.05 Å². The second-order valence-electron chi connectivity index (χ2n) is 5.39. The lowest BCUT2D eigenvalue weighted by molar-refractivity contribution is 0.0599. The van der Waals surface area contributed by atoms with Crippen LogP contribution in [-0.4, -0.2) is 48.6 Å². The number of hydrogen-bond donors (Lipinski definition) is 0. The van der Waals surface area contributed by atoms with Crippen molar-refractivity contribution in [3.8, 4) is 0 Å². The molecule has 3 aromatic heterocycles. The molecular weight excluding hydrogens is 280 g/mol. The van der Waals surface area contributed by atoms with Gasteiger partial charge >= 0.3 is 0 Å². The summed E-state index contributed by atoms with van der Waals surface area (Å²) in [5.41, 5.74) is 3.13. The van der Waals surface area contributed by atoms with Gasteiger partial charge in [-0.1, -0.05) is 0 Å². The van der Waals surface area contributed by atoms with E-state index >= 15 is 0 Å². The normalized spacial score (nSPS) is 15.0. The molecule has 22 heavy (non-hydrogen) atoms. The Morgan fingerprint density at radius 3 is 2.82 bits per heavy atom. The Morgan fingerprint density at radius 1 is 1.23 bits per heavy atom. The minimum absolute atomic E-state index is 0.00988. The molecule has 1 amide bonds. The van der Waals surface area contributed by atoms with E-state index in [0.29, 0.717) is 18.7 Å². The summed E-state index contributed by atoms with van der Waals surface area (Å²) in [7, 11) is 1.86. The highest BCUT2D eigenvalue weighted by molar-refractivity contribution is 5.94. The van der Waals surface area contributed by atoms with Crippen molar-refractivity contribution in [1.82, 2.24) is 29.6 Å². The Bertz CT molecular complexity index is 838. The van der Waals surface area contributed by atoms with Gasteiger partial charge in [-0.2, -0.15) is 5.10 Å². The standard InChI is InChI=1S/C15H14N6O/c1-20-14-13(17-5-6-18-14)12(19-20)11-8-21(9-11)15(22)10-3-2-4-16-7-10/h2-7,11H,8-9H2,1H3. The third kappa shape index (κ3) is 1.93. The van der Waals surface area contributed by atoms with Gasteiger partial charge in [0.25, 0.3) is 5.91 Å². The van der Waals surface area contributed by atoms with Crippen molar-refractivity contribution < 1.29 is 4.79 Å². The van der Waals surface area contributed by atoms with Crippen LogP contribution in [-0.2, 0) is 7.05 Å². The number of aryl methyl sites for hydroxylation is 1. The maximum absolute atomic E-state index is 12.3. The molecular formula is C15H14N6O. The monoisotopic (exact) mass is 294 g/mol. The number of carbonyl (C=O) groups is 1. The molecule has 0 unspecified atom stereocenters. The van der Waals surface area contributed by atoms with Gasteiger partial charge in [0.15, 0.2) is 5.65 Å². The zero-order chi connectivity index (χ0) is 15.1. The van der Waals surface area contributed by atoms with Gasteiger partial charge in [-0.05, 0) is 12.1 Å². The van der Waals surface area contributed by atoms with Crippen molar-refractivity contribution in [3.05, 3.63) is 48.2 Å². The molecule has 1 aliphatic heterocycles. The van der Waals surface area contributed by atoms with Crippen LogP contribution in [0.3, 0.4) is 0 Å². The predicted octanol–water partition coefficient (Wildman–Crippen LogP) is 0.998. The molecule has 7 heteroatoms. The van der Waals surface area contributed by atoms with E-state index in [4.69, 9.17) is 0 Å². The molecule has 0 atom stereocenters. The van der Waals surface area contributed by atoms with Crippen LogP contribution in [0.2, 0.25) is 0 Å². The van der Waals surface area contributed by atoms with Gasteiger partial charge < -0.3 is 4.90 Å². The van der Waals surface area contributed by atoms with Crippen LogP contribution in [0.25, 0.3) is 11.2 Å². The lowest BCUT2D eigenvalue weighted by atomic mass is 9.95. The molecule has 0 bridgehead atoms. The molecule has 0 N–H and O–H groups in total. The van der Waals surface area contributed by atoms with Crippen molar-refractivity contribution in [2.24, 2.45) is 7.05 Å². The lowest BCUT2D eigenvalue weighted by Crippen LogP contribution is -2.48. The maximum atomic E-state index is 12.3. The average molecular weight is 294 g/mol. The SMILES string of the molecule is Cn1nc(C2CN(C(=O)c3cccnc3)C2)c2nccnc21. The van der Waals surface area contributed by atoms with Crippen molar-refractivity contribution >= 4 is 17.1 Å². The van der Waals surface area contributed by atoms with Gasteiger partial charge in [0.05, 0.1) is 11.3 Å². The fourth-order valence-corrected chi connectivity index (χ4v) is 2.77. The molecule has 4 rings (SSSR count). The van der Waals surface area contributed by atoms with Gasteiger partial charge in [0.2, 0.25) is 0 Å². The van der Waals surface area contributed by atoms with Gasteiger partial charge in [-0.15, -0.1) is 0 Å². The smallest absolute Gasteiger partial charge is 0.255 e. The fraction of sp³-hybridized carbons (Fsp3) is 0.267. The zero-order valence-corrected chi connectivity index (χ0v) is 12.0. The van der Waals surface area contributed by atoms with Crippen LogP contribution in [0.4, 0.5) is 0 Å². The summed E-state index contributed by atoms with van der Waals surface area (Å²) in [6.07, 6.45) is 6.59. The van der Waals surface area contributed by atoms with Gasteiger partial charge in [0, 0.05) is 50.8 Å². The molecule has 7 nitrogen and oxygen atoms in total. The molecule has 0 aromatic carbocycles. The highest BCUT2D eigenvalue weighted by Crippen LogP contribution is 2.30. The molecule has 4 heterocycles. The Kier molecular flexibility index (Phi) is 2.85. The van der Waals surface area contributed by atoms with Crippen LogP contribution in [0.5, 0.6) is 0 Å².